The lowest BCUT2D eigenvalue weighted by molar-refractivity contribution is -0.175. The van der Waals surface area contributed by atoms with Crippen LogP contribution in [0.15, 0.2) is 23.8 Å². The lowest BCUT2D eigenvalue weighted by Crippen LogP contribution is -2.69. The standard InChI is InChI=1S/C29H34O8/c1-15(30)35-14-19(32)18-5-6-20-26(18,3)9-8-21-27(4)10-7-17(36-16(2)31)13-28(27)11-12-29(20,21)23-22(28)24(33)37-25(23)34/h8,11-12,17-18,20,22-23H,5-7,9-10,13-14H2,1-4H3. The summed E-state index contributed by atoms with van der Waals surface area (Å²) in [5, 5.41) is 0. The zero-order valence-corrected chi connectivity index (χ0v) is 21.8. The number of ketones is 1. The number of ether oxygens (including phenoxy) is 3. The molecule has 8 heteroatoms. The summed E-state index contributed by atoms with van der Waals surface area (Å²) in [6.45, 7) is 6.77. The molecule has 0 aromatic heterocycles. The molecule has 198 valence electrons. The molecule has 8 nitrogen and oxygen atoms in total. The molecule has 0 N–H and O–H groups in total. The fourth-order valence-electron chi connectivity index (χ4n) is 9.89. The van der Waals surface area contributed by atoms with Crippen LogP contribution >= 0.6 is 0 Å². The number of esters is 4. The average molecular weight is 511 g/mol. The fourth-order valence-corrected chi connectivity index (χ4v) is 9.89. The van der Waals surface area contributed by atoms with E-state index in [0.29, 0.717) is 25.7 Å². The van der Waals surface area contributed by atoms with Gasteiger partial charge in [0.2, 0.25) is 0 Å². The van der Waals surface area contributed by atoms with Crippen molar-refractivity contribution in [2.75, 3.05) is 6.61 Å². The van der Waals surface area contributed by atoms with Crippen molar-refractivity contribution in [2.45, 2.75) is 72.3 Å². The van der Waals surface area contributed by atoms with Gasteiger partial charge in [-0.2, -0.15) is 0 Å². The lowest BCUT2D eigenvalue weighted by Gasteiger charge is -2.71. The van der Waals surface area contributed by atoms with Crippen molar-refractivity contribution in [3.63, 3.8) is 0 Å². The van der Waals surface area contributed by atoms with Gasteiger partial charge in [-0.15, -0.1) is 0 Å². The molecule has 6 aliphatic carbocycles. The quantitative estimate of drug-likeness (QED) is 0.245. The Labute approximate surface area is 216 Å². The number of cyclic esters (lactones) is 2. The van der Waals surface area contributed by atoms with E-state index in [0.717, 1.165) is 12.8 Å². The number of hydrogen-bond acceptors (Lipinski definition) is 8. The van der Waals surface area contributed by atoms with Gasteiger partial charge in [0.1, 0.15) is 12.7 Å². The van der Waals surface area contributed by atoms with Crippen LogP contribution in [-0.2, 0) is 38.2 Å². The zero-order valence-electron chi connectivity index (χ0n) is 21.8. The highest BCUT2D eigenvalue weighted by Gasteiger charge is 2.80. The normalized spacial score (nSPS) is 46.7. The third-order valence-corrected chi connectivity index (χ3v) is 11.2. The van der Waals surface area contributed by atoms with Crippen LogP contribution in [0.3, 0.4) is 0 Å². The van der Waals surface area contributed by atoms with E-state index in [2.05, 4.69) is 32.1 Å². The molecule has 1 aliphatic heterocycles. The Kier molecular flexibility index (Phi) is 5.07. The number of allylic oxidation sites excluding steroid dienone is 4. The molecule has 0 aromatic rings. The second kappa shape index (κ2) is 7.64. The first-order valence-electron chi connectivity index (χ1n) is 13.4. The van der Waals surface area contributed by atoms with E-state index in [9.17, 15) is 24.0 Å². The summed E-state index contributed by atoms with van der Waals surface area (Å²) in [4.78, 5) is 63.2. The molecule has 2 bridgehead atoms. The van der Waals surface area contributed by atoms with Crippen molar-refractivity contribution in [3.05, 3.63) is 23.8 Å². The molecular weight excluding hydrogens is 476 g/mol. The molecule has 0 aromatic carbocycles. The Morgan fingerprint density at radius 2 is 1.73 bits per heavy atom. The summed E-state index contributed by atoms with van der Waals surface area (Å²) in [6.07, 6.45) is 10.2. The third-order valence-electron chi connectivity index (χ3n) is 11.2. The van der Waals surface area contributed by atoms with Gasteiger partial charge in [0, 0.05) is 30.6 Å². The molecule has 37 heavy (non-hydrogen) atoms. The van der Waals surface area contributed by atoms with Crippen molar-refractivity contribution in [3.8, 4) is 0 Å². The molecule has 0 radical (unpaired) electrons. The van der Waals surface area contributed by atoms with Crippen LogP contribution in [0.1, 0.15) is 66.2 Å². The molecule has 9 atom stereocenters. The van der Waals surface area contributed by atoms with Crippen molar-refractivity contribution in [1.29, 1.82) is 0 Å². The Balaban J connectivity index is 1.48. The van der Waals surface area contributed by atoms with E-state index in [4.69, 9.17) is 14.2 Å². The monoisotopic (exact) mass is 510 g/mol. The van der Waals surface area contributed by atoms with Crippen molar-refractivity contribution < 1.29 is 38.2 Å². The summed E-state index contributed by atoms with van der Waals surface area (Å²) >= 11 is 0. The molecule has 1 heterocycles. The first kappa shape index (κ1) is 24.6. The number of carbonyl (C=O) groups is 5. The Hall–Kier alpha value is -2.77. The molecule has 7 rings (SSSR count). The molecule has 9 unspecified atom stereocenters. The Morgan fingerprint density at radius 3 is 2.43 bits per heavy atom. The van der Waals surface area contributed by atoms with Crippen LogP contribution < -0.4 is 0 Å². The Bertz CT molecular complexity index is 1200. The van der Waals surface area contributed by atoms with E-state index < -0.39 is 51.4 Å². The molecule has 0 amide bonds. The van der Waals surface area contributed by atoms with Crippen molar-refractivity contribution >= 4 is 29.7 Å². The number of rotatable bonds is 4. The number of Topliss-reactive ketones (excluding diaryl/α,β-unsaturated/α-hetero) is 1. The van der Waals surface area contributed by atoms with Crippen LogP contribution in [-0.4, -0.2) is 42.4 Å². The van der Waals surface area contributed by atoms with Crippen LogP contribution in [0.5, 0.6) is 0 Å². The summed E-state index contributed by atoms with van der Waals surface area (Å²) in [6, 6.07) is 0. The fraction of sp³-hybridized carbons (Fsp3) is 0.690. The summed E-state index contributed by atoms with van der Waals surface area (Å²) in [5.41, 5.74) is -1.03. The van der Waals surface area contributed by atoms with Gasteiger partial charge in [-0.1, -0.05) is 37.6 Å². The second-order valence-electron chi connectivity index (χ2n) is 12.6. The molecule has 2 spiro atoms. The largest absolute Gasteiger partial charge is 0.463 e. The second-order valence-corrected chi connectivity index (χ2v) is 12.6. The van der Waals surface area contributed by atoms with E-state index in [-0.39, 0.29) is 36.3 Å². The molecular formula is C29H34O8. The number of hydrogen-bond donors (Lipinski definition) is 0. The summed E-state index contributed by atoms with van der Waals surface area (Å²) in [5.74, 6) is -3.53. The SMILES string of the molecule is CC(=O)OCC(=O)C1CCC2C1(C)CC=C1C23C=CC2(CC(OC(C)=O)CCC12C)C1C(=O)OC(=O)C13. The number of carbonyl (C=O) groups excluding carboxylic acids is 5. The van der Waals surface area contributed by atoms with Crippen LogP contribution in [0.4, 0.5) is 0 Å². The van der Waals surface area contributed by atoms with E-state index >= 15 is 0 Å². The maximum absolute atomic E-state index is 13.5. The van der Waals surface area contributed by atoms with Crippen molar-refractivity contribution in [1.82, 2.24) is 0 Å². The van der Waals surface area contributed by atoms with Crippen LogP contribution in [0.25, 0.3) is 0 Å². The topological polar surface area (TPSA) is 113 Å². The van der Waals surface area contributed by atoms with E-state index in [1.54, 1.807) is 0 Å². The van der Waals surface area contributed by atoms with Crippen molar-refractivity contribution in [2.24, 2.45) is 45.3 Å². The molecule has 1 saturated heterocycles. The molecule has 4 fully saturated rings. The van der Waals surface area contributed by atoms with Gasteiger partial charge in [-0.05, 0) is 55.3 Å². The van der Waals surface area contributed by atoms with Gasteiger partial charge in [-0.25, -0.2) is 0 Å². The minimum atomic E-state index is -0.706. The van der Waals surface area contributed by atoms with Gasteiger partial charge >= 0.3 is 23.9 Å². The first-order chi connectivity index (χ1) is 17.4. The Morgan fingerprint density at radius 1 is 1.00 bits per heavy atom. The highest BCUT2D eigenvalue weighted by Crippen LogP contribution is 2.80. The van der Waals surface area contributed by atoms with Crippen LogP contribution in [0, 0.1) is 45.3 Å². The highest BCUT2D eigenvalue weighted by molar-refractivity contribution is 5.99. The van der Waals surface area contributed by atoms with E-state index in [1.807, 2.05) is 0 Å². The lowest BCUT2D eigenvalue weighted by atomic mass is 9.31. The average Bonchev–Trinajstić information content (AvgIpc) is 3.34. The van der Waals surface area contributed by atoms with Crippen LogP contribution in [0.2, 0.25) is 0 Å². The maximum Gasteiger partial charge on any atom is 0.318 e. The van der Waals surface area contributed by atoms with Gasteiger partial charge in [0.05, 0.1) is 11.8 Å². The molecule has 3 saturated carbocycles. The highest BCUT2D eigenvalue weighted by atomic mass is 16.6. The minimum absolute atomic E-state index is 0.0326. The third kappa shape index (κ3) is 2.87. The predicted molar refractivity (Wildman–Crippen MR) is 128 cm³/mol. The summed E-state index contributed by atoms with van der Waals surface area (Å²) < 4.78 is 16.1. The minimum Gasteiger partial charge on any atom is -0.463 e. The van der Waals surface area contributed by atoms with Gasteiger partial charge in [0.25, 0.3) is 0 Å². The first-order valence-corrected chi connectivity index (χ1v) is 13.4. The van der Waals surface area contributed by atoms with E-state index in [1.165, 1.54) is 19.4 Å². The predicted octanol–water partition coefficient (Wildman–Crippen LogP) is 3.48. The van der Waals surface area contributed by atoms with Gasteiger partial charge in [-0.3, -0.25) is 24.0 Å². The smallest absolute Gasteiger partial charge is 0.318 e. The molecule has 7 aliphatic rings. The zero-order chi connectivity index (χ0) is 26.5. The maximum atomic E-state index is 13.5. The number of fused-ring (bicyclic) bond motifs is 1. The van der Waals surface area contributed by atoms with Gasteiger partial charge < -0.3 is 14.2 Å². The van der Waals surface area contributed by atoms with Gasteiger partial charge in [0.15, 0.2) is 5.78 Å². The summed E-state index contributed by atoms with van der Waals surface area (Å²) in [7, 11) is 0.